The van der Waals surface area contributed by atoms with E-state index in [1.165, 1.54) is 4.90 Å². The van der Waals surface area contributed by atoms with E-state index in [9.17, 15) is 9.59 Å². The number of hydrogen-bond donors (Lipinski definition) is 1. The van der Waals surface area contributed by atoms with Gasteiger partial charge in [0.25, 0.3) is 0 Å². The largest absolute Gasteiger partial charge is 0.316 e. The maximum absolute atomic E-state index is 11.3. The van der Waals surface area contributed by atoms with Gasteiger partial charge in [-0.1, -0.05) is 0 Å². The number of carbonyl (C=O) groups is 2. The Bertz CT molecular complexity index is 250. The van der Waals surface area contributed by atoms with Gasteiger partial charge in [-0.2, -0.15) is 11.8 Å². The minimum absolute atomic E-state index is 0.00547. The molecule has 0 radical (unpaired) electrons. The van der Waals surface area contributed by atoms with Gasteiger partial charge in [-0.05, 0) is 24.8 Å². The molecule has 2 rings (SSSR count). The van der Waals surface area contributed by atoms with Gasteiger partial charge in [-0.3, -0.25) is 14.5 Å². The van der Waals surface area contributed by atoms with Crippen LogP contribution >= 0.6 is 11.8 Å². The van der Waals surface area contributed by atoms with Crippen LogP contribution in [0.5, 0.6) is 0 Å². The molecule has 4 nitrogen and oxygen atoms in total. The molecule has 0 bridgehead atoms. The molecule has 0 atom stereocenters. The third-order valence-corrected chi connectivity index (χ3v) is 4.01. The third kappa shape index (κ3) is 2.72. The van der Waals surface area contributed by atoms with Crippen LogP contribution in [0.1, 0.15) is 12.8 Å². The van der Waals surface area contributed by atoms with Gasteiger partial charge in [0.2, 0.25) is 11.8 Å². The van der Waals surface area contributed by atoms with Gasteiger partial charge >= 0.3 is 0 Å². The number of amides is 2. The quantitative estimate of drug-likeness (QED) is 0.535. The molecule has 0 aromatic rings. The van der Waals surface area contributed by atoms with Gasteiger partial charge in [0.1, 0.15) is 0 Å². The molecule has 2 amide bonds. The number of hydrogen-bond acceptors (Lipinski definition) is 4. The summed E-state index contributed by atoms with van der Waals surface area (Å²) in [4.78, 5) is 23.9. The molecular formula is C10H16N2O2S. The molecule has 2 fully saturated rings. The van der Waals surface area contributed by atoms with E-state index in [-0.39, 0.29) is 11.8 Å². The average Bonchev–Trinajstić information content (AvgIpc) is 2.45. The van der Waals surface area contributed by atoms with E-state index >= 15 is 0 Å². The minimum atomic E-state index is 0.00547. The number of rotatable bonds is 5. The Morgan fingerprint density at radius 2 is 1.93 bits per heavy atom. The second-order valence-corrected chi connectivity index (χ2v) is 5.19. The van der Waals surface area contributed by atoms with E-state index < -0.39 is 0 Å². The van der Waals surface area contributed by atoms with E-state index in [4.69, 9.17) is 0 Å². The summed E-state index contributed by atoms with van der Waals surface area (Å²) >= 11 is 1.84. The number of likely N-dealkylation sites (tertiary alicyclic amines) is 1. The Kier molecular flexibility index (Phi) is 3.64. The van der Waals surface area contributed by atoms with Crippen molar-refractivity contribution >= 4 is 23.6 Å². The summed E-state index contributed by atoms with van der Waals surface area (Å²) in [5, 5.41) is 3.23. The first-order valence-electron chi connectivity index (χ1n) is 5.39. The molecule has 0 aliphatic carbocycles. The molecule has 1 N–H and O–H groups in total. The molecule has 0 unspecified atom stereocenters. The van der Waals surface area contributed by atoms with Crippen LogP contribution in [0.25, 0.3) is 0 Å². The summed E-state index contributed by atoms with van der Waals surface area (Å²) in [5.41, 5.74) is 0. The fourth-order valence-corrected chi connectivity index (χ4v) is 2.79. The Balaban J connectivity index is 1.60. The SMILES string of the molecule is O=C1CCC(=O)N1CCSCC1CNC1. The van der Waals surface area contributed by atoms with Gasteiger partial charge in [-0.15, -0.1) is 0 Å². The maximum atomic E-state index is 11.3. The Morgan fingerprint density at radius 3 is 2.47 bits per heavy atom. The topological polar surface area (TPSA) is 49.4 Å². The molecule has 2 heterocycles. The van der Waals surface area contributed by atoms with E-state index in [0.717, 1.165) is 30.5 Å². The van der Waals surface area contributed by atoms with Gasteiger partial charge in [0.05, 0.1) is 0 Å². The fraction of sp³-hybridized carbons (Fsp3) is 0.800. The predicted molar refractivity (Wildman–Crippen MR) is 59.6 cm³/mol. The van der Waals surface area contributed by atoms with Crippen molar-refractivity contribution in [2.75, 3.05) is 31.1 Å². The molecule has 0 spiro atoms. The lowest BCUT2D eigenvalue weighted by atomic mass is 10.1. The Morgan fingerprint density at radius 1 is 1.27 bits per heavy atom. The van der Waals surface area contributed by atoms with E-state index in [1.807, 2.05) is 11.8 Å². The first kappa shape index (κ1) is 11.0. The average molecular weight is 228 g/mol. The van der Waals surface area contributed by atoms with Gasteiger partial charge in [0, 0.05) is 25.1 Å². The van der Waals surface area contributed by atoms with E-state index in [1.54, 1.807) is 0 Å². The maximum Gasteiger partial charge on any atom is 0.229 e. The standard InChI is InChI=1S/C10H16N2O2S/c13-9-1-2-10(14)12(9)3-4-15-7-8-5-11-6-8/h8,11H,1-7H2. The van der Waals surface area contributed by atoms with Crippen LogP contribution in [0.15, 0.2) is 0 Å². The Labute approximate surface area is 93.8 Å². The lowest BCUT2D eigenvalue weighted by Gasteiger charge is -2.26. The molecule has 0 aromatic heterocycles. The lowest BCUT2D eigenvalue weighted by molar-refractivity contribution is -0.137. The van der Waals surface area contributed by atoms with Gasteiger partial charge in [-0.25, -0.2) is 0 Å². The zero-order valence-corrected chi connectivity index (χ0v) is 9.52. The van der Waals surface area contributed by atoms with Crippen molar-refractivity contribution in [1.29, 1.82) is 0 Å². The van der Waals surface area contributed by atoms with Crippen molar-refractivity contribution in [3.8, 4) is 0 Å². The first-order chi connectivity index (χ1) is 7.27. The highest BCUT2D eigenvalue weighted by Gasteiger charge is 2.28. The first-order valence-corrected chi connectivity index (χ1v) is 6.54. The molecule has 0 aromatic carbocycles. The summed E-state index contributed by atoms with van der Waals surface area (Å²) in [6.45, 7) is 2.84. The highest BCUT2D eigenvalue weighted by atomic mass is 32.2. The second-order valence-electron chi connectivity index (χ2n) is 4.04. The fourth-order valence-electron chi connectivity index (χ4n) is 1.74. The number of carbonyl (C=O) groups excluding carboxylic acids is 2. The molecule has 2 aliphatic rings. The van der Waals surface area contributed by atoms with Crippen LogP contribution in [-0.2, 0) is 9.59 Å². The van der Waals surface area contributed by atoms with Crippen LogP contribution < -0.4 is 5.32 Å². The summed E-state index contributed by atoms with van der Waals surface area (Å²) < 4.78 is 0. The smallest absolute Gasteiger partial charge is 0.229 e. The van der Waals surface area contributed by atoms with Crippen LogP contribution in [0, 0.1) is 5.92 Å². The van der Waals surface area contributed by atoms with Gasteiger partial charge < -0.3 is 5.32 Å². The summed E-state index contributed by atoms with van der Waals surface area (Å²) in [7, 11) is 0. The number of imide groups is 1. The molecule has 2 aliphatic heterocycles. The van der Waals surface area contributed by atoms with Crippen molar-refractivity contribution in [3.63, 3.8) is 0 Å². The summed E-state index contributed by atoms with van der Waals surface area (Å²) in [5.74, 6) is 2.83. The number of nitrogens with zero attached hydrogens (tertiary/aromatic N) is 1. The van der Waals surface area contributed by atoms with Crippen LogP contribution in [-0.4, -0.2) is 47.9 Å². The van der Waals surface area contributed by atoms with Crippen molar-refractivity contribution in [3.05, 3.63) is 0 Å². The third-order valence-electron chi connectivity index (χ3n) is 2.83. The van der Waals surface area contributed by atoms with Crippen molar-refractivity contribution in [1.82, 2.24) is 10.2 Å². The monoisotopic (exact) mass is 228 g/mol. The molecule has 15 heavy (non-hydrogen) atoms. The summed E-state index contributed by atoms with van der Waals surface area (Å²) in [6, 6.07) is 0. The molecule has 2 saturated heterocycles. The van der Waals surface area contributed by atoms with Crippen LogP contribution in [0.4, 0.5) is 0 Å². The van der Waals surface area contributed by atoms with Gasteiger partial charge in [0.15, 0.2) is 0 Å². The zero-order chi connectivity index (χ0) is 10.7. The highest BCUT2D eigenvalue weighted by Crippen LogP contribution is 2.15. The predicted octanol–water partition coefficient (Wildman–Crippen LogP) is 0.0880. The van der Waals surface area contributed by atoms with Crippen molar-refractivity contribution in [2.24, 2.45) is 5.92 Å². The highest BCUT2D eigenvalue weighted by molar-refractivity contribution is 7.99. The second kappa shape index (κ2) is 4.99. The molecule has 84 valence electrons. The van der Waals surface area contributed by atoms with Crippen LogP contribution in [0.3, 0.4) is 0 Å². The lowest BCUT2D eigenvalue weighted by Crippen LogP contribution is -2.43. The number of thioether (sulfide) groups is 1. The normalized spacial score (nSPS) is 22.3. The van der Waals surface area contributed by atoms with E-state index in [0.29, 0.717) is 19.4 Å². The van der Waals surface area contributed by atoms with Crippen molar-refractivity contribution < 1.29 is 9.59 Å². The van der Waals surface area contributed by atoms with E-state index in [2.05, 4.69) is 5.32 Å². The van der Waals surface area contributed by atoms with Crippen molar-refractivity contribution in [2.45, 2.75) is 12.8 Å². The van der Waals surface area contributed by atoms with Crippen LogP contribution in [0.2, 0.25) is 0 Å². The number of nitrogens with one attached hydrogen (secondary N) is 1. The summed E-state index contributed by atoms with van der Waals surface area (Å²) in [6.07, 6.45) is 0.825. The molecule has 5 heteroatoms. The minimum Gasteiger partial charge on any atom is -0.316 e. The molecule has 0 saturated carbocycles. The molecular weight excluding hydrogens is 212 g/mol. The zero-order valence-electron chi connectivity index (χ0n) is 8.70. The Hall–Kier alpha value is -0.550.